The topological polar surface area (TPSA) is 66.9 Å². The van der Waals surface area contributed by atoms with E-state index >= 15 is 0 Å². The normalized spacial score (nSPS) is 28.0. The van der Waals surface area contributed by atoms with Gasteiger partial charge in [-0.15, -0.1) is 0 Å². The summed E-state index contributed by atoms with van der Waals surface area (Å²) in [6, 6.07) is 12.9. The van der Waals surface area contributed by atoms with Crippen LogP contribution >= 0.6 is 11.6 Å². The van der Waals surface area contributed by atoms with Crippen molar-refractivity contribution < 1.29 is 19.1 Å². The van der Waals surface area contributed by atoms with Crippen LogP contribution in [0.2, 0.25) is 5.02 Å². The van der Waals surface area contributed by atoms with E-state index in [2.05, 4.69) is 4.90 Å². The van der Waals surface area contributed by atoms with Crippen LogP contribution in [0, 0.1) is 11.8 Å². The van der Waals surface area contributed by atoms with Crippen LogP contribution < -0.4 is 9.64 Å². The highest BCUT2D eigenvalue weighted by Gasteiger charge is 2.64. The van der Waals surface area contributed by atoms with Gasteiger partial charge in [0.2, 0.25) is 11.8 Å². The van der Waals surface area contributed by atoms with Gasteiger partial charge in [0.25, 0.3) is 0 Å². The number of benzene rings is 2. The minimum atomic E-state index is -0.659. The summed E-state index contributed by atoms with van der Waals surface area (Å²) in [6.07, 6.45) is 1.74. The summed E-state index contributed by atoms with van der Waals surface area (Å²) >= 11 is 5.97. The van der Waals surface area contributed by atoms with Crippen molar-refractivity contribution >= 4 is 34.9 Å². The van der Waals surface area contributed by atoms with Gasteiger partial charge < -0.3 is 4.74 Å². The van der Waals surface area contributed by atoms with Crippen LogP contribution in [0.15, 0.2) is 48.5 Å². The minimum Gasteiger partial charge on any atom is -0.497 e. The summed E-state index contributed by atoms with van der Waals surface area (Å²) in [5.74, 6) is -1.12. The molecule has 3 aliphatic heterocycles. The number of carbonyl (C=O) groups excluding carboxylic acids is 3. The van der Waals surface area contributed by atoms with Crippen LogP contribution in [0.3, 0.4) is 0 Å². The Morgan fingerprint density at radius 3 is 2.33 bits per heavy atom. The third-order valence-corrected chi connectivity index (χ3v) is 6.83. The van der Waals surface area contributed by atoms with Gasteiger partial charge in [0.1, 0.15) is 5.75 Å². The van der Waals surface area contributed by atoms with Crippen molar-refractivity contribution in [3.63, 3.8) is 0 Å². The fourth-order valence-corrected chi connectivity index (χ4v) is 5.41. The number of imide groups is 1. The molecule has 3 saturated heterocycles. The summed E-state index contributed by atoms with van der Waals surface area (Å²) in [5.41, 5.74) is 1.03. The van der Waals surface area contributed by atoms with Crippen LogP contribution in [0.4, 0.5) is 5.69 Å². The summed E-state index contributed by atoms with van der Waals surface area (Å²) in [6.45, 7) is 0.727. The van der Waals surface area contributed by atoms with E-state index in [1.165, 1.54) is 4.90 Å². The molecular weight excluding hydrogens is 404 g/mol. The number of nitrogens with zero attached hydrogens (tertiary/aromatic N) is 2. The number of ketones is 1. The van der Waals surface area contributed by atoms with Crippen LogP contribution in [-0.4, -0.2) is 48.2 Å². The highest BCUT2D eigenvalue weighted by molar-refractivity contribution is 6.30. The zero-order chi connectivity index (χ0) is 21.0. The molecule has 0 unspecified atom stereocenters. The highest BCUT2D eigenvalue weighted by atomic mass is 35.5. The summed E-state index contributed by atoms with van der Waals surface area (Å²) in [5, 5.41) is 0.549. The lowest BCUT2D eigenvalue weighted by atomic mass is 9.85. The number of fused-ring (bicyclic) bond motifs is 3. The molecule has 7 heteroatoms. The Hall–Kier alpha value is -2.70. The first kappa shape index (κ1) is 19.3. The van der Waals surface area contributed by atoms with Gasteiger partial charge in [0, 0.05) is 16.6 Å². The molecule has 5 rings (SSSR count). The molecule has 6 nitrogen and oxygen atoms in total. The Kier molecular flexibility index (Phi) is 4.64. The summed E-state index contributed by atoms with van der Waals surface area (Å²) in [7, 11) is 1.56. The predicted molar refractivity (Wildman–Crippen MR) is 112 cm³/mol. The second kappa shape index (κ2) is 7.22. The lowest BCUT2D eigenvalue weighted by molar-refractivity contribution is -0.123. The molecule has 4 atom stereocenters. The molecule has 0 N–H and O–H groups in total. The maximum atomic E-state index is 13.5. The van der Waals surface area contributed by atoms with Crippen LogP contribution in [-0.2, 0) is 9.59 Å². The molecule has 2 aromatic carbocycles. The average molecular weight is 425 g/mol. The molecule has 3 heterocycles. The van der Waals surface area contributed by atoms with Crippen molar-refractivity contribution in [2.45, 2.75) is 24.9 Å². The Balaban J connectivity index is 1.52. The first-order valence-corrected chi connectivity index (χ1v) is 10.5. The number of carbonyl (C=O) groups is 3. The molecule has 3 fully saturated rings. The number of hydrogen-bond donors (Lipinski definition) is 0. The molecule has 154 valence electrons. The number of methoxy groups -OCH3 is 1. The molecular formula is C23H21ClN2O4. The van der Waals surface area contributed by atoms with E-state index in [9.17, 15) is 14.4 Å². The van der Waals surface area contributed by atoms with E-state index in [0.29, 0.717) is 22.0 Å². The summed E-state index contributed by atoms with van der Waals surface area (Å²) < 4.78 is 5.17. The zero-order valence-electron chi connectivity index (χ0n) is 16.5. The number of halogens is 1. The van der Waals surface area contributed by atoms with E-state index in [1.54, 1.807) is 55.6 Å². The molecule has 0 saturated carbocycles. The largest absolute Gasteiger partial charge is 0.497 e. The Bertz CT molecular complexity index is 1020. The molecule has 0 radical (unpaired) electrons. The number of amides is 2. The van der Waals surface area contributed by atoms with Crippen molar-refractivity contribution in [3.05, 3.63) is 59.1 Å². The van der Waals surface area contributed by atoms with Gasteiger partial charge in [-0.05, 0) is 67.9 Å². The smallest absolute Gasteiger partial charge is 0.239 e. The highest BCUT2D eigenvalue weighted by Crippen LogP contribution is 2.48. The quantitative estimate of drug-likeness (QED) is 0.557. The molecule has 0 aromatic heterocycles. The maximum Gasteiger partial charge on any atom is 0.239 e. The number of anilines is 1. The fourth-order valence-electron chi connectivity index (χ4n) is 5.29. The SMILES string of the molecule is COc1ccc(N2C(=O)[C@@H]3[C@@H](C2=O)[C@@H](C(=O)c2ccc(Cl)cc2)N2CCC[C@H]32)cc1. The van der Waals surface area contributed by atoms with Gasteiger partial charge in [0.05, 0.1) is 30.7 Å². The summed E-state index contributed by atoms with van der Waals surface area (Å²) in [4.78, 5) is 43.6. The Labute approximate surface area is 179 Å². The van der Waals surface area contributed by atoms with Crippen LogP contribution in [0.1, 0.15) is 23.2 Å². The lowest BCUT2D eigenvalue weighted by Crippen LogP contribution is -2.46. The standard InChI is InChI=1S/C23H21ClN2O4/c1-30-16-10-8-15(9-11-16)26-22(28)18-17-3-2-12-25(17)20(19(18)23(26)29)21(27)13-4-6-14(24)7-5-13/h4-11,17-20H,2-3,12H2,1H3/t17-,18+,19-,20+/m1/s1. The van der Waals surface area contributed by atoms with E-state index in [4.69, 9.17) is 16.3 Å². The first-order valence-electron chi connectivity index (χ1n) is 10.1. The molecule has 3 aliphatic rings. The van der Waals surface area contributed by atoms with E-state index in [1.807, 2.05) is 0 Å². The lowest BCUT2D eigenvalue weighted by Gasteiger charge is -2.27. The fraction of sp³-hybridized carbons (Fsp3) is 0.348. The minimum absolute atomic E-state index is 0.0732. The van der Waals surface area contributed by atoms with E-state index in [-0.39, 0.29) is 23.6 Å². The van der Waals surface area contributed by atoms with Crippen LogP contribution in [0.25, 0.3) is 0 Å². The average Bonchev–Trinajstić information content (AvgIpc) is 3.40. The molecule has 0 bridgehead atoms. The van der Waals surface area contributed by atoms with Crippen LogP contribution in [0.5, 0.6) is 5.75 Å². The third kappa shape index (κ3) is 2.78. The predicted octanol–water partition coefficient (Wildman–Crippen LogP) is 3.18. The van der Waals surface area contributed by atoms with E-state index < -0.39 is 17.9 Å². The molecule has 0 aliphatic carbocycles. The third-order valence-electron chi connectivity index (χ3n) is 6.58. The van der Waals surface area contributed by atoms with Crippen molar-refractivity contribution in [2.75, 3.05) is 18.6 Å². The Morgan fingerprint density at radius 2 is 1.67 bits per heavy atom. The van der Waals surface area contributed by atoms with Gasteiger partial charge in [-0.3, -0.25) is 19.3 Å². The van der Waals surface area contributed by atoms with Crippen molar-refractivity contribution in [1.29, 1.82) is 0 Å². The monoisotopic (exact) mass is 424 g/mol. The second-order valence-corrected chi connectivity index (χ2v) is 8.46. The second-order valence-electron chi connectivity index (χ2n) is 8.02. The molecule has 2 amide bonds. The number of ether oxygens (including phenoxy) is 1. The van der Waals surface area contributed by atoms with Crippen molar-refractivity contribution in [2.24, 2.45) is 11.8 Å². The number of Topliss-reactive ketones (excluding diaryl/α,β-unsaturated/α-hetero) is 1. The van der Waals surface area contributed by atoms with E-state index in [0.717, 1.165) is 19.4 Å². The molecule has 30 heavy (non-hydrogen) atoms. The van der Waals surface area contributed by atoms with Crippen molar-refractivity contribution in [1.82, 2.24) is 4.90 Å². The maximum absolute atomic E-state index is 13.5. The van der Waals surface area contributed by atoms with Gasteiger partial charge in [0.15, 0.2) is 5.78 Å². The van der Waals surface area contributed by atoms with Crippen molar-refractivity contribution in [3.8, 4) is 5.75 Å². The first-order chi connectivity index (χ1) is 14.5. The van der Waals surface area contributed by atoms with Gasteiger partial charge >= 0.3 is 0 Å². The molecule has 0 spiro atoms. The number of hydrogen-bond acceptors (Lipinski definition) is 5. The molecule has 2 aromatic rings. The Morgan fingerprint density at radius 1 is 1.00 bits per heavy atom. The van der Waals surface area contributed by atoms with Gasteiger partial charge in [-0.1, -0.05) is 11.6 Å². The number of rotatable bonds is 4. The van der Waals surface area contributed by atoms with Gasteiger partial charge in [-0.25, -0.2) is 4.90 Å². The van der Waals surface area contributed by atoms with Gasteiger partial charge in [-0.2, -0.15) is 0 Å². The zero-order valence-corrected chi connectivity index (χ0v) is 17.2.